The average Bonchev–Trinajstić information content (AvgIpc) is 3.10. The first kappa shape index (κ1) is 21.1. The Morgan fingerprint density at radius 1 is 1.14 bits per heavy atom. The van der Waals surface area contributed by atoms with E-state index < -0.39 is 23.3 Å². The quantitative estimate of drug-likeness (QED) is 0.408. The van der Waals surface area contributed by atoms with Gasteiger partial charge < -0.3 is 14.1 Å². The Hall–Kier alpha value is -2.63. The van der Waals surface area contributed by atoms with E-state index >= 15 is 0 Å². The Morgan fingerprint density at radius 2 is 1.79 bits per heavy atom. The number of carbonyl (C=O) groups is 2. The number of oxazole rings is 1. The molecule has 1 unspecified atom stereocenters. The Labute approximate surface area is 172 Å². The van der Waals surface area contributed by atoms with Crippen molar-refractivity contribution in [2.45, 2.75) is 59.0 Å². The van der Waals surface area contributed by atoms with Gasteiger partial charge in [-0.05, 0) is 52.5 Å². The maximum absolute atomic E-state index is 12.9. The molecule has 2 heterocycles. The van der Waals surface area contributed by atoms with Gasteiger partial charge in [0, 0.05) is 19.5 Å². The Balaban J connectivity index is 1.86. The highest BCUT2D eigenvalue weighted by atomic mass is 16.6. The molecule has 29 heavy (non-hydrogen) atoms. The number of ketones is 1. The van der Waals surface area contributed by atoms with Crippen LogP contribution in [0.3, 0.4) is 0 Å². The lowest BCUT2D eigenvalue weighted by Gasteiger charge is -2.26. The summed E-state index contributed by atoms with van der Waals surface area (Å²) in [4.78, 5) is 31.9. The number of aromatic nitrogens is 1. The summed E-state index contributed by atoms with van der Waals surface area (Å²) < 4.78 is 11.3. The molecule has 0 radical (unpaired) electrons. The van der Waals surface area contributed by atoms with E-state index in [1.807, 2.05) is 30.3 Å². The highest BCUT2D eigenvalue weighted by molar-refractivity contribution is 6.06. The van der Waals surface area contributed by atoms with Gasteiger partial charge in [-0.3, -0.25) is 9.59 Å². The zero-order chi connectivity index (χ0) is 21.0. The topological polar surface area (TPSA) is 72.6 Å². The van der Waals surface area contributed by atoms with Crippen LogP contribution in [-0.4, -0.2) is 35.4 Å². The molecule has 0 aliphatic carbocycles. The Kier molecular flexibility index (Phi) is 6.40. The molecule has 6 nitrogen and oxygen atoms in total. The number of hydrogen-bond donors (Lipinski definition) is 0. The third kappa shape index (κ3) is 5.46. The number of nitrogens with zero attached hydrogens (tertiary/aromatic N) is 2. The maximum Gasteiger partial charge on any atom is 0.317 e. The first-order chi connectivity index (χ1) is 13.7. The first-order valence-corrected chi connectivity index (χ1v) is 10.3. The minimum absolute atomic E-state index is 0.0186. The molecule has 1 fully saturated rings. The van der Waals surface area contributed by atoms with E-state index in [1.165, 1.54) is 13.3 Å². The largest absolute Gasteiger partial charge is 0.459 e. The molecule has 0 bridgehead atoms. The standard InChI is InChI=1S/C23H30N2O4/c1-16(22(27)29-23(2,3)4)19(26)20-24-18(15-17-11-7-5-8-12-17)21(28-20)25-13-9-6-10-14-25/h5,7-8,11-12,16H,6,9-10,13-15H2,1-4H3. The first-order valence-electron chi connectivity index (χ1n) is 10.3. The number of hydrogen-bond acceptors (Lipinski definition) is 6. The van der Waals surface area contributed by atoms with Gasteiger partial charge in [-0.2, -0.15) is 0 Å². The number of carbonyl (C=O) groups excluding carboxylic acids is 2. The fourth-order valence-corrected chi connectivity index (χ4v) is 3.38. The third-order valence-electron chi connectivity index (χ3n) is 4.90. The summed E-state index contributed by atoms with van der Waals surface area (Å²) in [7, 11) is 0. The van der Waals surface area contributed by atoms with Crippen molar-refractivity contribution in [3.63, 3.8) is 0 Å². The predicted octanol–water partition coefficient (Wildman–Crippen LogP) is 4.42. The van der Waals surface area contributed by atoms with Gasteiger partial charge in [0.05, 0.1) is 0 Å². The lowest BCUT2D eigenvalue weighted by Crippen LogP contribution is -2.31. The SMILES string of the molecule is CC(C(=O)OC(C)(C)C)C(=O)c1nc(Cc2ccccc2)c(N2CCCCC2)o1. The zero-order valence-electron chi connectivity index (χ0n) is 17.7. The summed E-state index contributed by atoms with van der Waals surface area (Å²) in [5, 5.41) is 0. The van der Waals surface area contributed by atoms with Crippen molar-refractivity contribution < 1.29 is 18.7 Å². The van der Waals surface area contributed by atoms with Crippen LogP contribution in [-0.2, 0) is 16.0 Å². The number of rotatable bonds is 6. The Morgan fingerprint density at radius 3 is 2.41 bits per heavy atom. The third-order valence-corrected chi connectivity index (χ3v) is 4.90. The molecule has 1 aliphatic heterocycles. The van der Waals surface area contributed by atoms with Crippen molar-refractivity contribution in [1.82, 2.24) is 4.98 Å². The molecule has 3 rings (SSSR count). The van der Waals surface area contributed by atoms with Gasteiger partial charge in [0.15, 0.2) is 0 Å². The summed E-state index contributed by atoms with van der Waals surface area (Å²) in [6.45, 7) is 8.63. The number of ether oxygens (including phenoxy) is 1. The van der Waals surface area contributed by atoms with E-state index in [0.717, 1.165) is 37.2 Å². The van der Waals surface area contributed by atoms with Crippen LogP contribution >= 0.6 is 0 Å². The van der Waals surface area contributed by atoms with Gasteiger partial charge in [0.25, 0.3) is 5.89 Å². The smallest absolute Gasteiger partial charge is 0.317 e. The van der Waals surface area contributed by atoms with Crippen LogP contribution in [0.2, 0.25) is 0 Å². The summed E-state index contributed by atoms with van der Waals surface area (Å²) in [5.41, 5.74) is 1.18. The minimum atomic E-state index is -0.966. The summed E-state index contributed by atoms with van der Waals surface area (Å²) >= 11 is 0. The molecule has 0 saturated carbocycles. The van der Waals surface area contributed by atoms with Gasteiger partial charge in [-0.1, -0.05) is 30.3 Å². The number of esters is 1. The van der Waals surface area contributed by atoms with Crippen molar-refractivity contribution in [1.29, 1.82) is 0 Å². The molecule has 0 amide bonds. The van der Waals surface area contributed by atoms with Crippen molar-refractivity contribution in [3.05, 3.63) is 47.5 Å². The van der Waals surface area contributed by atoms with Gasteiger partial charge in [-0.25, -0.2) is 4.98 Å². The van der Waals surface area contributed by atoms with Crippen LogP contribution in [0.15, 0.2) is 34.7 Å². The second-order valence-electron chi connectivity index (χ2n) is 8.60. The minimum Gasteiger partial charge on any atom is -0.459 e. The van der Waals surface area contributed by atoms with Crippen LogP contribution in [0.25, 0.3) is 0 Å². The normalized spacial score (nSPS) is 15.8. The summed E-state index contributed by atoms with van der Waals surface area (Å²) in [6.07, 6.45) is 3.94. The van der Waals surface area contributed by atoms with E-state index in [2.05, 4.69) is 9.88 Å². The lowest BCUT2D eigenvalue weighted by atomic mass is 10.1. The fourth-order valence-electron chi connectivity index (χ4n) is 3.38. The Bertz CT molecular complexity index is 846. The van der Waals surface area contributed by atoms with Gasteiger partial charge in [0.1, 0.15) is 17.2 Å². The van der Waals surface area contributed by atoms with Crippen molar-refractivity contribution >= 4 is 17.6 Å². The van der Waals surface area contributed by atoms with Crippen LogP contribution in [0.1, 0.15) is 68.9 Å². The highest BCUT2D eigenvalue weighted by Gasteiger charge is 2.32. The monoisotopic (exact) mass is 398 g/mol. The van der Waals surface area contributed by atoms with E-state index in [1.54, 1.807) is 20.8 Å². The fraction of sp³-hybridized carbons (Fsp3) is 0.522. The molecule has 0 spiro atoms. The molecular formula is C23H30N2O4. The molecule has 0 N–H and O–H groups in total. The number of benzene rings is 1. The zero-order valence-corrected chi connectivity index (χ0v) is 17.7. The molecule has 6 heteroatoms. The number of anilines is 1. The molecule has 1 saturated heterocycles. The predicted molar refractivity (Wildman–Crippen MR) is 111 cm³/mol. The van der Waals surface area contributed by atoms with Gasteiger partial charge in [0.2, 0.25) is 11.7 Å². The number of piperidine rings is 1. The van der Waals surface area contributed by atoms with Crippen LogP contribution < -0.4 is 4.90 Å². The van der Waals surface area contributed by atoms with E-state index in [-0.39, 0.29) is 5.89 Å². The summed E-state index contributed by atoms with van der Waals surface area (Å²) in [6, 6.07) is 9.98. The molecule has 1 atom stereocenters. The van der Waals surface area contributed by atoms with Crippen LogP contribution in [0.4, 0.5) is 5.88 Å². The molecule has 1 aromatic carbocycles. The van der Waals surface area contributed by atoms with Crippen molar-refractivity contribution in [2.75, 3.05) is 18.0 Å². The molecule has 1 aliphatic rings. The second-order valence-corrected chi connectivity index (χ2v) is 8.60. The van der Waals surface area contributed by atoms with E-state index in [9.17, 15) is 9.59 Å². The van der Waals surface area contributed by atoms with Crippen molar-refractivity contribution in [3.8, 4) is 0 Å². The average molecular weight is 399 g/mol. The van der Waals surface area contributed by atoms with Gasteiger partial charge >= 0.3 is 5.97 Å². The molecular weight excluding hydrogens is 368 g/mol. The van der Waals surface area contributed by atoms with E-state index in [4.69, 9.17) is 9.15 Å². The van der Waals surface area contributed by atoms with Crippen LogP contribution in [0.5, 0.6) is 0 Å². The van der Waals surface area contributed by atoms with E-state index in [0.29, 0.717) is 12.3 Å². The molecule has 1 aromatic heterocycles. The maximum atomic E-state index is 12.9. The molecule has 2 aromatic rings. The van der Waals surface area contributed by atoms with Crippen LogP contribution in [0, 0.1) is 5.92 Å². The highest BCUT2D eigenvalue weighted by Crippen LogP contribution is 2.29. The lowest BCUT2D eigenvalue weighted by molar-refractivity contribution is -0.157. The summed E-state index contributed by atoms with van der Waals surface area (Å²) in [5.74, 6) is -1.35. The van der Waals surface area contributed by atoms with Crippen molar-refractivity contribution in [2.24, 2.45) is 5.92 Å². The second kappa shape index (κ2) is 8.80. The number of Topliss-reactive ketones (excluding diaryl/α,β-unsaturated/α-hetero) is 1. The molecule has 156 valence electrons. The van der Waals surface area contributed by atoms with Gasteiger partial charge in [-0.15, -0.1) is 0 Å².